The van der Waals surface area contributed by atoms with Gasteiger partial charge in [-0.15, -0.1) is 0 Å². The topological polar surface area (TPSA) is 18.5 Å². The molecule has 0 radical (unpaired) electrons. The van der Waals surface area contributed by atoms with Crippen LogP contribution < -0.4 is 5.32 Å². The molecular weight excluding hydrogens is 230 g/mol. The lowest BCUT2D eigenvalue weighted by Crippen LogP contribution is -2.47. The first kappa shape index (κ1) is 15.3. The highest BCUT2D eigenvalue weighted by Crippen LogP contribution is 2.03. The van der Waals surface area contributed by atoms with Gasteiger partial charge in [0.25, 0.3) is 0 Å². The Morgan fingerprint density at radius 2 is 1.94 bits per heavy atom. The molecule has 0 amide bonds. The SMILES string of the molecule is CCSCCC(C)NCCN1CCN(C)CC1. The molecule has 1 heterocycles. The summed E-state index contributed by atoms with van der Waals surface area (Å²) in [6.07, 6.45) is 1.29. The van der Waals surface area contributed by atoms with Gasteiger partial charge in [-0.1, -0.05) is 6.92 Å². The fraction of sp³-hybridized carbons (Fsp3) is 1.00. The number of piperazine rings is 1. The molecule has 0 aromatic heterocycles. The van der Waals surface area contributed by atoms with Crippen LogP contribution in [0.25, 0.3) is 0 Å². The molecule has 1 aliphatic heterocycles. The lowest BCUT2D eigenvalue weighted by molar-refractivity contribution is 0.154. The van der Waals surface area contributed by atoms with Crippen LogP contribution in [0.1, 0.15) is 20.3 Å². The van der Waals surface area contributed by atoms with Gasteiger partial charge in [-0.05, 0) is 31.9 Å². The number of nitrogens with one attached hydrogen (secondary N) is 1. The van der Waals surface area contributed by atoms with E-state index in [4.69, 9.17) is 0 Å². The Morgan fingerprint density at radius 3 is 2.59 bits per heavy atom. The first-order chi connectivity index (χ1) is 8.22. The molecule has 1 N–H and O–H groups in total. The van der Waals surface area contributed by atoms with Crippen molar-refractivity contribution < 1.29 is 0 Å². The van der Waals surface area contributed by atoms with Crippen LogP contribution in [0.15, 0.2) is 0 Å². The van der Waals surface area contributed by atoms with E-state index in [9.17, 15) is 0 Å². The molecule has 0 spiro atoms. The van der Waals surface area contributed by atoms with Crippen molar-refractivity contribution in [1.82, 2.24) is 15.1 Å². The molecule has 0 aromatic rings. The van der Waals surface area contributed by atoms with Crippen LogP contribution in [0, 0.1) is 0 Å². The average molecular weight is 259 g/mol. The van der Waals surface area contributed by atoms with Gasteiger partial charge < -0.3 is 10.2 Å². The molecule has 1 atom stereocenters. The van der Waals surface area contributed by atoms with Crippen LogP contribution >= 0.6 is 11.8 Å². The number of likely N-dealkylation sites (N-methyl/N-ethyl adjacent to an activating group) is 1. The molecule has 3 nitrogen and oxygen atoms in total. The van der Waals surface area contributed by atoms with Crippen molar-refractivity contribution in [3.8, 4) is 0 Å². The predicted octanol–water partition coefficient (Wildman–Crippen LogP) is 1.36. The van der Waals surface area contributed by atoms with Gasteiger partial charge in [0.2, 0.25) is 0 Å². The molecule has 0 bridgehead atoms. The minimum atomic E-state index is 0.668. The molecular formula is C13H29N3S. The van der Waals surface area contributed by atoms with E-state index < -0.39 is 0 Å². The zero-order valence-electron chi connectivity index (χ0n) is 11.7. The monoisotopic (exact) mass is 259 g/mol. The predicted molar refractivity (Wildman–Crippen MR) is 79.0 cm³/mol. The maximum absolute atomic E-state index is 3.63. The Labute approximate surface area is 111 Å². The van der Waals surface area contributed by atoms with Crippen LogP contribution in [-0.2, 0) is 0 Å². The van der Waals surface area contributed by atoms with Gasteiger partial charge in [0.15, 0.2) is 0 Å². The summed E-state index contributed by atoms with van der Waals surface area (Å²) >= 11 is 2.04. The second kappa shape index (κ2) is 9.20. The van der Waals surface area contributed by atoms with Gasteiger partial charge >= 0.3 is 0 Å². The molecule has 4 heteroatoms. The number of rotatable bonds is 8. The highest BCUT2D eigenvalue weighted by atomic mass is 32.2. The van der Waals surface area contributed by atoms with E-state index in [0.29, 0.717) is 6.04 Å². The van der Waals surface area contributed by atoms with Crippen molar-refractivity contribution in [3.63, 3.8) is 0 Å². The van der Waals surface area contributed by atoms with Crippen molar-refractivity contribution in [3.05, 3.63) is 0 Å². The molecule has 0 aromatic carbocycles. The maximum atomic E-state index is 3.63. The Bertz CT molecular complexity index is 182. The van der Waals surface area contributed by atoms with Gasteiger partial charge in [0.05, 0.1) is 0 Å². The first-order valence-corrected chi connectivity index (χ1v) is 8.10. The van der Waals surface area contributed by atoms with Gasteiger partial charge in [-0.25, -0.2) is 0 Å². The summed E-state index contributed by atoms with van der Waals surface area (Å²) in [7, 11) is 2.21. The minimum absolute atomic E-state index is 0.668. The molecule has 0 aliphatic carbocycles. The number of nitrogens with zero attached hydrogens (tertiary/aromatic N) is 2. The Morgan fingerprint density at radius 1 is 1.24 bits per heavy atom. The molecule has 0 saturated carbocycles. The molecule has 17 heavy (non-hydrogen) atoms. The first-order valence-electron chi connectivity index (χ1n) is 6.94. The van der Waals surface area contributed by atoms with E-state index >= 15 is 0 Å². The van der Waals surface area contributed by atoms with Crippen LogP contribution in [0.3, 0.4) is 0 Å². The lowest BCUT2D eigenvalue weighted by atomic mass is 10.2. The molecule has 1 rings (SSSR count). The van der Waals surface area contributed by atoms with Crippen molar-refractivity contribution >= 4 is 11.8 Å². The van der Waals surface area contributed by atoms with E-state index in [1.165, 1.54) is 50.7 Å². The number of hydrogen-bond acceptors (Lipinski definition) is 4. The number of hydrogen-bond donors (Lipinski definition) is 1. The Kier molecular flexibility index (Phi) is 8.27. The summed E-state index contributed by atoms with van der Waals surface area (Å²) in [5.41, 5.74) is 0. The molecule has 1 unspecified atom stereocenters. The van der Waals surface area contributed by atoms with Gasteiger partial charge in [-0.2, -0.15) is 11.8 Å². The average Bonchev–Trinajstić information content (AvgIpc) is 2.32. The summed E-state index contributed by atoms with van der Waals surface area (Å²) in [6, 6.07) is 0.668. The largest absolute Gasteiger partial charge is 0.313 e. The smallest absolute Gasteiger partial charge is 0.0110 e. The maximum Gasteiger partial charge on any atom is 0.0110 e. The van der Waals surface area contributed by atoms with E-state index in [2.05, 4.69) is 36.0 Å². The highest BCUT2D eigenvalue weighted by Gasteiger charge is 2.13. The van der Waals surface area contributed by atoms with E-state index in [-0.39, 0.29) is 0 Å². The highest BCUT2D eigenvalue weighted by molar-refractivity contribution is 7.99. The minimum Gasteiger partial charge on any atom is -0.313 e. The molecule has 1 saturated heterocycles. The summed E-state index contributed by atoms with van der Waals surface area (Å²) in [5, 5.41) is 3.63. The summed E-state index contributed by atoms with van der Waals surface area (Å²) in [5.74, 6) is 2.53. The van der Waals surface area contributed by atoms with Crippen molar-refractivity contribution in [2.75, 3.05) is 57.8 Å². The third-order valence-electron chi connectivity index (χ3n) is 3.42. The molecule has 1 fully saturated rings. The van der Waals surface area contributed by atoms with Crippen LogP contribution in [0.5, 0.6) is 0 Å². The van der Waals surface area contributed by atoms with Gasteiger partial charge in [-0.3, -0.25) is 4.90 Å². The third-order valence-corrected chi connectivity index (χ3v) is 4.35. The lowest BCUT2D eigenvalue weighted by Gasteiger charge is -2.32. The summed E-state index contributed by atoms with van der Waals surface area (Å²) in [4.78, 5) is 4.98. The third kappa shape index (κ3) is 7.29. The Hall–Kier alpha value is 0.230. The molecule has 102 valence electrons. The van der Waals surface area contributed by atoms with Crippen LogP contribution in [0.4, 0.5) is 0 Å². The van der Waals surface area contributed by atoms with Crippen LogP contribution in [0.2, 0.25) is 0 Å². The number of thioether (sulfide) groups is 1. The second-order valence-corrected chi connectivity index (χ2v) is 6.38. The zero-order chi connectivity index (χ0) is 12.5. The quantitative estimate of drug-likeness (QED) is 0.663. The normalized spacial score (nSPS) is 20.6. The van der Waals surface area contributed by atoms with Gasteiger partial charge in [0, 0.05) is 45.3 Å². The fourth-order valence-corrected chi connectivity index (χ4v) is 2.86. The van der Waals surface area contributed by atoms with Crippen LogP contribution in [-0.4, -0.2) is 73.7 Å². The second-order valence-electron chi connectivity index (χ2n) is 4.99. The van der Waals surface area contributed by atoms with E-state index in [1.54, 1.807) is 0 Å². The van der Waals surface area contributed by atoms with Gasteiger partial charge in [0.1, 0.15) is 0 Å². The standard InChI is InChI=1S/C13H29N3S/c1-4-17-12-5-13(2)14-6-7-16-10-8-15(3)9-11-16/h13-14H,4-12H2,1-3H3. The van der Waals surface area contributed by atoms with Crippen molar-refractivity contribution in [1.29, 1.82) is 0 Å². The zero-order valence-corrected chi connectivity index (χ0v) is 12.6. The van der Waals surface area contributed by atoms with E-state index in [0.717, 1.165) is 6.54 Å². The van der Waals surface area contributed by atoms with Crippen molar-refractivity contribution in [2.45, 2.75) is 26.3 Å². The van der Waals surface area contributed by atoms with Crippen molar-refractivity contribution in [2.24, 2.45) is 0 Å². The summed E-state index contributed by atoms with van der Waals surface area (Å²) < 4.78 is 0. The molecule has 1 aliphatic rings. The Balaban J connectivity index is 1.95. The fourth-order valence-electron chi connectivity index (χ4n) is 2.05. The summed E-state index contributed by atoms with van der Waals surface area (Å²) in [6.45, 7) is 11.8. The van der Waals surface area contributed by atoms with E-state index in [1.807, 2.05) is 11.8 Å².